The van der Waals surface area contributed by atoms with Gasteiger partial charge in [0.15, 0.2) is 0 Å². The number of hydrogen-bond donors (Lipinski definition) is 2. The number of aromatic nitrogens is 3. The summed E-state index contributed by atoms with van der Waals surface area (Å²) in [4.78, 5) is 11.6. The van der Waals surface area contributed by atoms with E-state index in [1.165, 1.54) is 0 Å². The van der Waals surface area contributed by atoms with Crippen LogP contribution in [0.3, 0.4) is 0 Å². The molecular formula is C15H29N5O2. The van der Waals surface area contributed by atoms with E-state index in [-0.39, 0.29) is 11.9 Å². The molecule has 0 unspecified atom stereocenters. The first-order valence-corrected chi connectivity index (χ1v) is 7.97. The third-order valence-corrected chi connectivity index (χ3v) is 2.91. The fourth-order valence-electron chi connectivity index (χ4n) is 1.87. The first kappa shape index (κ1) is 18.6. The van der Waals surface area contributed by atoms with Gasteiger partial charge in [0, 0.05) is 37.7 Å². The van der Waals surface area contributed by atoms with Crippen LogP contribution in [0.2, 0.25) is 0 Å². The molecule has 0 spiro atoms. The highest BCUT2D eigenvalue weighted by Crippen LogP contribution is 1.97. The molecule has 126 valence electrons. The van der Waals surface area contributed by atoms with Gasteiger partial charge in [-0.25, -0.2) is 0 Å². The second-order valence-corrected chi connectivity index (χ2v) is 5.92. The maximum Gasteiger partial charge on any atom is 0.222 e. The molecule has 2 N–H and O–H groups in total. The molecule has 7 nitrogen and oxygen atoms in total. The third-order valence-electron chi connectivity index (χ3n) is 2.91. The van der Waals surface area contributed by atoms with Crippen molar-refractivity contribution in [3.8, 4) is 0 Å². The maximum absolute atomic E-state index is 11.6. The molecule has 22 heavy (non-hydrogen) atoms. The molecule has 0 aliphatic rings. The molecule has 1 heterocycles. The number of carbonyl (C=O) groups is 1. The van der Waals surface area contributed by atoms with Gasteiger partial charge >= 0.3 is 0 Å². The Hall–Kier alpha value is -1.47. The van der Waals surface area contributed by atoms with Crippen LogP contribution in [-0.4, -0.2) is 52.7 Å². The number of aryl methyl sites for hydroxylation is 1. The lowest BCUT2D eigenvalue weighted by molar-refractivity contribution is -0.121. The van der Waals surface area contributed by atoms with Gasteiger partial charge < -0.3 is 15.4 Å². The van der Waals surface area contributed by atoms with Crippen LogP contribution in [0, 0.1) is 0 Å². The average molecular weight is 311 g/mol. The minimum Gasteiger partial charge on any atom is -0.380 e. The van der Waals surface area contributed by atoms with E-state index in [9.17, 15) is 4.79 Å². The van der Waals surface area contributed by atoms with Crippen molar-refractivity contribution in [3.63, 3.8) is 0 Å². The highest BCUT2D eigenvalue weighted by molar-refractivity contribution is 5.76. The predicted molar refractivity (Wildman–Crippen MR) is 85.6 cm³/mol. The summed E-state index contributed by atoms with van der Waals surface area (Å²) < 4.78 is 7.24. The second kappa shape index (κ2) is 10.3. The molecule has 0 aliphatic carbocycles. The lowest BCUT2D eigenvalue weighted by Gasteiger charge is -2.08. The van der Waals surface area contributed by atoms with E-state index in [1.54, 1.807) is 4.68 Å². The van der Waals surface area contributed by atoms with Crippen LogP contribution in [0.15, 0.2) is 6.20 Å². The van der Waals surface area contributed by atoms with E-state index in [0.29, 0.717) is 32.2 Å². The van der Waals surface area contributed by atoms with Crippen LogP contribution in [0.1, 0.15) is 39.8 Å². The normalized spacial score (nSPS) is 11.4. The summed E-state index contributed by atoms with van der Waals surface area (Å²) in [5, 5.41) is 14.3. The van der Waals surface area contributed by atoms with Crippen LogP contribution >= 0.6 is 0 Å². The Labute approximate surface area is 132 Å². The zero-order valence-corrected chi connectivity index (χ0v) is 14.1. The predicted octanol–water partition coefficient (Wildman–Crippen LogP) is 0.750. The third kappa shape index (κ3) is 8.74. The molecule has 1 aromatic rings. The van der Waals surface area contributed by atoms with E-state index < -0.39 is 0 Å². The molecule has 0 saturated heterocycles. The molecule has 0 saturated carbocycles. The molecule has 0 bridgehead atoms. The van der Waals surface area contributed by atoms with Crippen molar-refractivity contribution in [3.05, 3.63) is 11.9 Å². The van der Waals surface area contributed by atoms with Gasteiger partial charge in [-0.2, -0.15) is 0 Å². The van der Waals surface area contributed by atoms with E-state index in [4.69, 9.17) is 4.74 Å². The van der Waals surface area contributed by atoms with Gasteiger partial charge in [0.1, 0.15) is 0 Å². The Kier molecular flexibility index (Phi) is 8.69. The van der Waals surface area contributed by atoms with Gasteiger partial charge in [-0.15, -0.1) is 5.10 Å². The summed E-state index contributed by atoms with van der Waals surface area (Å²) in [5.41, 5.74) is 0.890. The minimum atomic E-state index is 0.0352. The summed E-state index contributed by atoms with van der Waals surface area (Å²) in [7, 11) is 0. The maximum atomic E-state index is 11.6. The smallest absolute Gasteiger partial charge is 0.222 e. The van der Waals surface area contributed by atoms with Crippen LogP contribution in [0.25, 0.3) is 0 Å². The van der Waals surface area contributed by atoms with Gasteiger partial charge in [-0.3, -0.25) is 9.48 Å². The first-order valence-electron chi connectivity index (χ1n) is 7.97. The fraction of sp³-hybridized carbons (Fsp3) is 0.800. The Bertz CT molecular complexity index is 431. The number of rotatable bonds is 11. The molecule has 1 rings (SSSR count). The highest BCUT2D eigenvalue weighted by atomic mass is 16.5. The van der Waals surface area contributed by atoms with Gasteiger partial charge in [-0.1, -0.05) is 19.1 Å². The van der Waals surface area contributed by atoms with Crippen molar-refractivity contribution < 1.29 is 9.53 Å². The molecule has 0 aromatic carbocycles. The molecule has 1 aromatic heterocycles. The molecular weight excluding hydrogens is 282 g/mol. The standard InChI is InChI=1S/C15H29N5O2/c1-12(2)16-7-10-22-9-6-14-11-20(19-18-14)8-5-15(21)17-13(3)4/h11-13,16H,5-10H2,1-4H3,(H,17,21). The molecule has 1 amide bonds. The Balaban J connectivity index is 2.15. The average Bonchev–Trinajstić information content (AvgIpc) is 2.87. The zero-order chi connectivity index (χ0) is 16.4. The van der Waals surface area contributed by atoms with Crippen LogP contribution in [0.5, 0.6) is 0 Å². The topological polar surface area (TPSA) is 81.1 Å². The number of nitrogens with zero attached hydrogens (tertiary/aromatic N) is 3. The summed E-state index contributed by atoms with van der Waals surface area (Å²) in [6.45, 7) is 10.8. The van der Waals surface area contributed by atoms with Gasteiger partial charge in [0.2, 0.25) is 5.91 Å². The largest absolute Gasteiger partial charge is 0.380 e. The number of ether oxygens (including phenoxy) is 1. The number of carbonyl (C=O) groups excluding carboxylic acids is 1. The van der Waals surface area contributed by atoms with Crippen LogP contribution < -0.4 is 10.6 Å². The monoisotopic (exact) mass is 311 g/mol. The highest BCUT2D eigenvalue weighted by Gasteiger charge is 2.05. The summed E-state index contributed by atoms with van der Waals surface area (Å²) in [6.07, 6.45) is 3.02. The van der Waals surface area contributed by atoms with E-state index in [0.717, 1.165) is 18.7 Å². The summed E-state index contributed by atoms with van der Waals surface area (Å²) in [5.74, 6) is 0.0352. The number of nitrogens with one attached hydrogen (secondary N) is 2. The first-order chi connectivity index (χ1) is 10.5. The van der Waals surface area contributed by atoms with Crippen LogP contribution in [0.4, 0.5) is 0 Å². The Morgan fingerprint density at radius 1 is 1.27 bits per heavy atom. The fourth-order valence-corrected chi connectivity index (χ4v) is 1.87. The molecule has 7 heteroatoms. The zero-order valence-electron chi connectivity index (χ0n) is 14.1. The molecule has 0 atom stereocenters. The van der Waals surface area contributed by atoms with Crippen molar-refractivity contribution >= 4 is 5.91 Å². The molecule has 0 fully saturated rings. The van der Waals surface area contributed by atoms with E-state index in [1.807, 2.05) is 20.0 Å². The van der Waals surface area contributed by atoms with Crippen molar-refractivity contribution in [2.75, 3.05) is 19.8 Å². The quantitative estimate of drug-likeness (QED) is 0.589. The minimum absolute atomic E-state index is 0.0352. The second-order valence-electron chi connectivity index (χ2n) is 5.92. The van der Waals surface area contributed by atoms with E-state index in [2.05, 4.69) is 34.8 Å². The Morgan fingerprint density at radius 3 is 2.73 bits per heavy atom. The lowest BCUT2D eigenvalue weighted by Crippen LogP contribution is -2.30. The summed E-state index contributed by atoms with van der Waals surface area (Å²) in [6, 6.07) is 0.650. The van der Waals surface area contributed by atoms with Crippen molar-refractivity contribution in [2.45, 2.75) is 59.2 Å². The Morgan fingerprint density at radius 2 is 2.05 bits per heavy atom. The number of amides is 1. The van der Waals surface area contributed by atoms with E-state index >= 15 is 0 Å². The number of hydrogen-bond acceptors (Lipinski definition) is 5. The SMILES string of the molecule is CC(C)NCCOCCc1cn(CCC(=O)NC(C)C)nn1. The van der Waals surface area contributed by atoms with Crippen LogP contribution in [-0.2, 0) is 22.5 Å². The van der Waals surface area contributed by atoms with Crippen molar-refractivity contribution in [2.24, 2.45) is 0 Å². The van der Waals surface area contributed by atoms with Gasteiger partial charge in [0.05, 0.1) is 25.5 Å². The summed E-state index contributed by atoms with van der Waals surface area (Å²) >= 11 is 0. The molecule has 0 radical (unpaired) electrons. The molecule has 0 aliphatic heterocycles. The van der Waals surface area contributed by atoms with Crippen molar-refractivity contribution in [1.29, 1.82) is 0 Å². The van der Waals surface area contributed by atoms with Crippen molar-refractivity contribution in [1.82, 2.24) is 25.6 Å². The van der Waals surface area contributed by atoms with Gasteiger partial charge in [0.25, 0.3) is 0 Å². The van der Waals surface area contributed by atoms with Gasteiger partial charge in [-0.05, 0) is 13.8 Å². The lowest BCUT2D eigenvalue weighted by atomic mass is 10.3.